The normalized spacial score (nSPS) is 20.5. The molecular formula is C16H25N3O2. The summed E-state index contributed by atoms with van der Waals surface area (Å²) in [5, 5.41) is 6.33. The third-order valence-corrected chi connectivity index (χ3v) is 3.97. The maximum absolute atomic E-state index is 11.3. The van der Waals surface area contributed by atoms with Gasteiger partial charge in [0.15, 0.2) is 0 Å². The van der Waals surface area contributed by atoms with Crippen LogP contribution in [-0.4, -0.2) is 51.3 Å². The molecule has 2 N–H and O–H groups in total. The van der Waals surface area contributed by atoms with Crippen molar-refractivity contribution in [2.75, 3.05) is 34.3 Å². The second-order valence-electron chi connectivity index (χ2n) is 5.72. The molecule has 116 valence electrons. The highest BCUT2D eigenvalue weighted by molar-refractivity contribution is 5.73. The van der Waals surface area contributed by atoms with Crippen molar-refractivity contribution in [3.8, 4) is 5.75 Å². The van der Waals surface area contributed by atoms with Crippen LogP contribution in [0.25, 0.3) is 0 Å². The molecule has 0 aliphatic heterocycles. The lowest BCUT2D eigenvalue weighted by molar-refractivity contribution is 0.216. The molecule has 2 rings (SSSR count). The number of amides is 2. The van der Waals surface area contributed by atoms with Crippen LogP contribution in [0.15, 0.2) is 24.3 Å². The summed E-state index contributed by atoms with van der Waals surface area (Å²) in [5.74, 6) is 1.55. The van der Waals surface area contributed by atoms with Crippen molar-refractivity contribution < 1.29 is 9.53 Å². The zero-order valence-electron chi connectivity index (χ0n) is 13.1. The maximum atomic E-state index is 11.3. The van der Waals surface area contributed by atoms with E-state index in [-0.39, 0.29) is 6.03 Å². The first-order valence-electron chi connectivity index (χ1n) is 7.42. The van der Waals surface area contributed by atoms with Gasteiger partial charge in [-0.3, -0.25) is 0 Å². The lowest BCUT2D eigenvalue weighted by Gasteiger charge is -2.36. The van der Waals surface area contributed by atoms with E-state index in [1.54, 1.807) is 26.1 Å². The van der Waals surface area contributed by atoms with Crippen molar-refractivity contribution in [1.29, 1.82) is 0 Å². The Bertz CT molecular complexity index is 453. The maximum Gasteiger partial charge on any atom is 0.316 e. The third-order valence-electron chi connectivity index (χ3n) is 3.97. The molecule has 1 aliphatic rings. The quantitative estimate of drug-likeness (QED) is 0.786. The van der Waals surface area contributed by atoms with Gasteiger partial charge in [-0.1, -0.05) is 12.1 Å². The Morgan fingerprint density at radius 2 is 1.90 bits per heavy atom. The molecule has 1 saturated carbocycles. The van der Waals surface area contributed by atoms with Crippen molar-refractivity contribution in [3.63, 3.8) is 0 Å². The molecule has 1 aromatic carbocycles. The molecule has 0 unspecified atom stereocenters. The molecule has 0 aromatic heterocycles. The number of hydrogen-bond donors (Lipinski definition) is 2. The van der Waals surface area contributed by atoms with Crippen LogP contribution < -0.4 is 15.4 Å². The van der Waals surface area contributed by atoms with Gasteiger partial charge in [0.1, 0.15) is 5.75 Å². The minimum atomic E-state index is -0.0403. The third kappa shape index (κ3) is 4.36. The first kappa shape index (κ1) is 15.6. The molecular weight excluding hydrogens is 266 g/mol. The Morgan fingerprint density at radius 1 is 1.24 bits per heavy atom. The molecule has 5 nitrogen and oxygen atoms in total. The van der Waals surface area contributed by atoms with Crippen molar-refractivity contribution in [3.05, 3.63) is 29.8 Å². The fourth-order valence-corrected chi connectivity index (χ4v) is 2.54. The van der Waals surface area contributed by atoms with E-state index >= 15 is 0 Å². The molecule has 0 bridgehead atoms. The van der Waals surface area contributed by atoms with E-state index in [1.165, 1.54) is 5.56 Å². The molecule has 0 heterocycles. The van der Waals surface area contributed by atoms with Crippen molar-refractivity contribution in [2.45, 2.75) is 24.8 Å². The Hall–Kier alpha value is -1.75. The van der Waals surface area contributed by atoms with Crippen LogP contribution in [0.3, 0.4) is 0 Å². The summed E-state index contributed by atoms with van der Waals surface area (Å²) in [6, 6.07) is 8.86. The highest BCUT2D eigenvalue weighted by Gasteiger charge is 2.29. The van der Waals surface area contributed by atoms with Gasteiger partial charge in [0.25, 0.3) is 0 Å². The molecule has 0 radical (unpaired) electrons. The van der Waals surface area contributed by atoms with E-state index < -0.39 is 0 Å². The van der Waals surface area contributed by atoms with E-state index in [4.69, 9.17) is 4.74 Å². The topological polar surface area (TPSA) is 53.6 Å². The van der Waals surface area contributed by atoms with Crippen molar-refractivity contribution >= 4 is 6.03 Å². The number of methoxy groups -OCH3 is 1. The molecule has 1 aromatic rings. The zero-order chi connectivity index (χ0) is 15.2. The average Bonchev–Trinajstić information content (AvgIpc) is 2.45. The standard InChI is InChI=1S/C16H25N3O2/c1-19(2)16(20)18-9-8-17-14-10-13(11-14)12-4-6-15(21-3)7-5-12/h4-7,13-14,17H,8-11H2,1-3H3,(H,18,20). The molecule has 5 heteroatoms. The van der Waals surface area contributed by atoms with E-state index in [9.17, 15) is 4.79 Å². The largest absolute Gasteiger partial charge is 0.497 e. The molecule has 1 aliphatic carbocycles. The number of carbonyl (C=O) groups is 1. The van der Waals surface area contributed by atoms with Crippen LogP contribution in [0.1, 0.15) is 24.3 Å². The Kier molecular flexibility index (Phi) is 5.44. The fourth-order valence-electron chi connectivity index (χ4n) is 2.54. The van der Waals surface area contributed by atoms with Crippen molar-refractivity contribution in [2.24, 2.45) is 0 Å². The number of nitrogens with zero attached hydrogens (tertiary/aromatic N) is 1. The smallest absolute Gasteiger partial charge is 0.316 e. The first-order valence-corrected chi connectivity index (χ1v) is 7.42. The molecule has 1 fully saturated rings. The summed E-state index contributed by atoms with van der Waals surface area (Å²) >= 11 is 0. The Balaban J connectivity index is 1.61. The van der Waals surface area contributed by atoms with E-state index in [0.29, 0.717) is 18.5 Å². The van der Waals surface area contributed by atoms with Gasteiger partial charge in [0, 0.05) is 33.2 Å². The van der Waals surface area contributed by atoms with Crippen LogP contribution in [-0.2, 0) is 0 Å². The molecule has 0 saturated heterocycles. The summed E-state index contributed by atoms with van der Waals surface area (Å²) < 4.78 is 5.17. The summed E-state index contributed by atoms with van der Waals surface area (Å²) in [6.45, 7) is 1.49. The van der Waals surface area contributed by atoms with Crippen molar-refractivity contribution in [1.82, 2.24) is 15.5 Å². The van der Waals surface area contributed by atoms with Gasteiger partial charge < -0.3 is 20.3 Å². The summed E-state index contributed by atoms with van der Waals surface area (Å²) in [5.41, 5.74) is 1.38. The average molecular weight is 291 g/mol. The number of rotatable bonds is 6. The monoisotopic (exact) mass is 291 g/mol. The van der Waals surface area contributed by atoms with Gasteiger partial charge in [-0.05, 0) is 36.5 Å². The second-order valence-corrected chi connectivity index (χ2v) is 5.72. The van der Waals surface area contributed by atoms with Gasteiger partial charge in [-0.25, -0.2) is 4.79 Å². The van der Waals surface area contributed by atoms with Crippen LogP contribution >= 0.6 is 0 Å². The Morgan fingerprint density at radius 3 is 2.48 bits per heavy atom. The number of urea groups is 1. The van der Waals surface area contributed by atoms with E-state index in [2.05, 4.69) is 22.8 Å². The van der Waals surface area contributed by atoms with E-state index in [0.717, 1.165) is 25.1 Å². The zero-order valence-corrected chi connectivity index (χ0v) is 13.1. The lowest BCUT2D eigenvalue weighted by atomic mass is 9.76. The summed E-state index contributed by atoms with van der Waals surface area (Å²) in [4.78, 5) is 12.9. The van der Waals surface area contributed by atoms with Gasteiger partial charge in [0.05, 0.1) is 7.11 Å². The van der Waals surface area contributed by atoms with Gasteiger partial charge in [-0.2, -0.15) is 0 Å². The second kappa shape index (κ2) is 7.31. The minimum Gasteiger partial charge on any atom is -0.497 e. The molecule has 0 atom stereocenters. The van der Waals surface area contributed by atoms with E-state index in [1.807, 2.05) is 12.1 Å². The number of benzene rings is 1. The minimum absolute atomic E-state index is 0.0403. The van der Waals surface area contributed by atoms with Gasteiger partial charge >= 0.3 is 6.03 Å². The summed E-state index contributed by atoms with van der Waals surface area (Å²) in [7, 11) is 5.18. The molecule has 21 heavy (non-hydrogen) atoms. The summed E-state index contributed by atoms with van der Waals surface area (Å²) in [6.07, 6.45) is 2.32. The van der Waals surface area contributed by atoms with Gasteiger partial charge in [0.2, 0.25) is 0 Å². The number of ether oxygens (including phenoxy) is 1. The molecule has 2 amide bonds. The number of nitrogens with one attached hydrogen (secondary N) is 2. The fraction of sp³-hybridized carbons (Fsp3) is 0.562. The highest BCUT2D eigenvalue weighted by Crippen LogP contribution is 2.37. The SMILES string of the molecule is COc1ccc(C2CC(NCCNC(=O)N(C)C)C2)cc1. The Labute approximate surface area is 126 Å². The van der Waals surface area contributed by atoms with Crippen LogP contribution in [0.2, 0.25) is 0 Å². The predicted octanol–water partition coefficient (Wildman–Crippen LogP) is 1.80. The van der Waals surface area contributed by atoms with Crippen LogP contribution in [0.5, 0.6) is 5.75 Å². The van der Waals surface area contributed by atoms with Gasteiger partial charge in [-0.15, -0.1) is 0 Å². The lowest BCUT2D eigenvalue weighted by Crippen LogP contribution is -2.44. The highest BCUT2D eigenvalue weighted by atomic mass is 16.5. The molecule has 0 spiro atoms. The number of hydrogen-bond acceptors (Lipinski definition) is 3. The van der Waals surface area contributed by atoms with Crippen LogP contribution in [0, 0.1) is 0 Å². The first-order chi connectivity index (χ1) is 10.1. The predicted molar refractivity (Wildman–Crippen MR) is 83.8 cm³/mol. The van der Waals surface area contributed by atoms with Crippen LogP contribution in [0.4, 0.5) is 4.79 Å². The number of carbonyl (C=O) groups excluding carboxylic acids is 1.